The van der Waals surface area contributed by atoms with Crippen LogP contribution in [0.1, 0.15) is 42.0 Å². The Morgan fingerprint density at radius 2 is 1.88 bits per heavy atom. The van der Waals surface area contributed by atoms with Gasteiger partial charge in [0.1, 0.15) is 5.82 Å². The maximum atomic E-state index is 13.7. The largest absolute Gasteiger partial charge is 0.362 e. The maximum Gasteiger partial charge on any atom is 0.254 e. The number of hydrogen-bond donors (Lipinski definition) is 2. The van der Waals surface area contributed by atoms with Crippen molar-refractivity contribution in [1.82, 2.24) is 5.32 Å². The molecule has 4 nitrogen and oxygen atoms in total. The number of benzene rings is 2. The highest BCUT2D eigenvalue weighted by atomic mass is 32.1. The van der Waals surface area contributed by atoms with Gasteiger partial charge in [0.2, 0.25) is 0 Å². The molecule has 1 aromatic heterocycles. The number of carbonyl (C=O) groups is 2. The lowest BCUT2D eigenvalue weighted by atomic mass is 9.72. The summed E-state index contributed by atoms with van der Waals surface area (Å²) in [4.78, 5) is 28.1. The summed E-state index contributed by atoms with van der Waals surface area (Å²) in [7, 11) is 0. The van der Waals surface area contributed by atoms with Gasteiger partial charge in [-0.3, -0.25) is 9.59 Å². The molecule has 0 saturated heterocycles. The monoisotopic (exact) mass is 458 g/mol. The molecule has 2 aromatic carbocycles. The van der Waals surface area contributed by atoms with Gasteiger partial charge in [-0.05, 0) is 48.6 Å². The molecule has 5 rings (SSSR count). The van der Waals surface area contributed by atoms with Crippen LogP contribution in [0, 0.1) is 5.82 Å². The Hall–Kier alpha value is -3.51. The number of amides is 1. The summed E-state index contributed by atoms with van der Waals surface area (Å²) < 4.78 is 13.7. The van der Waals surface area contributed by atoms with Gasteiger partial charge in [0.15, 0.2) is 5.78 Å². The summed E-state index contributed by atoms with van der Waals surface area (Å²) >= 11 is 1.67. The van der Waals surface area contributed by atoms with Gasteiger partial charge in [-0.25, -0.2) is 4.39 Å². The van der Waals surface area contributed by atoms with Crippen molar-refractivity contribution in [1.29, 1.82) is 0 Å². The van der Waals surface area contributed by atoms with Gasteiger partial charge in [-0.15, -0.1) is 11.3 Å². The van der Waals surface area contributed by atoms with Crippen LogP contribution in [0.4, 0.5) is 10.1 Å². The fraction of sp³-hybridized carbons (Fsp3) is 0.185. The Bertz CT molecular complexity index is 1280. The molecule has 0 unspecified atom stereocenters. The van der Waals surface area contributed by atoms with Crippen molar-refractivity contribution in [3.8, 4) is 0 Å². The number of rotatable bonds is 4. The third kappa shape index (κ3) is 4.14. The summed E-state index contributed by atoms with van der Waals surface area (Å²) in [6.45, 7) is 1.86. The molecule has 0 saturated carbocycles. The summed E-state index contributed by atoms with van der Waals surface area (Å²) in [6.07, 6.45) is 1.14. The van der Waals surface area contributed by atoms with Crippen molar-refractivity contribution < 1.29 is 14.0 Å². The van der Waals surface area contributed by atoms with Crippen LogP contribution in [0.25, 0.3) is 0 Å². The van der Waals surface area contributed by atoms with E-state index in [2.05, 4.69) is 16.7 Å². The first kappa shape index (κ1) is 21.3. The molecule has 3 aromatic rings. The van der Waals surface area contributed by atoms with Gasteiger partial charge in [0.05, 0.1) is 0 Å². The number of thiophene rings is 1. The van der Waals surface area contributed by atoms with Crippen molar-refractivity contribution in [2.45, 2.75) is 31.6 Å². The van der Waals surface area contributed by atoms with Gasteiger partial charge in [-0.2, -0.15) is 0 Å². The maximum absolute atomic E-state index is 13.7. The lowest BCUT2D eigenvalue weighted by Crippen LogP contribution is -2.37. The van der Waals surface area contributed by atoms with Crippen LogP contribution in [0.2, 0.25) is 0 Å². The Morgan fingerprint density at radius 3 is 2.61 bits per heavy atom. The van der Waals surface area contributed by atoms with E-state index in [0.29, 0.717) is 29.0 Å². The van der Waals surface area contributed by atoms with Crippen LogP contribution in [-0.4, -0.2) is 11.7 Å². The van der Waals surface area contributed by atoms with E-state index in [1.165, 1.54) is 17.0 Å². The number of dihydropyridines is 1. The lowest BCUT2D eigenvalue weighted by molar-refractivity contribution is -0.116. The van der Waals surface area contributed by atoms with Gasteiger partial charge in [0, 0.05) is 51.4 Å². The van der Waals surface area contributed by atoms with E-state index >= 15 is 0 Å². The topological polar surface area (TPSA) is 58.2 Å². The quantitative estimate of drug-likeness (QED) is 0.513. The molecule has 2 N–H and O–H groups in total. The van der Waals surface area contributed by atoms with Crippen LogP contribution < -0.4 is 10.6 Å². The molecule has 0 fully saturated rings. The summed E-state index contributed by atoms with van der Waals surface area (Å²) in [5, 5.41) is 8.22. The molecule has 166 valence electrons. The fourth-order valence-corrected chi connectivity index (χ4v) is 5.64. The second kappa shape index (κ2) is 8.79. The second-order valence-electron chi connectivity index (χ2n) is 8.41. The number of hydrogen-bond acceptors (Lipinski definition) is 4. The Labute approximate surface area is 195 Å². The van der Waals surface area contributed by atoms with E-state index in [9.17, 15) is 14.0 Å². The Kier molecular flexibility index (Phi) is 5.68. The molecule has 0 bridgehead atoms. The molecular weight excluding hydrogens is 435 g/mol. The van der Waals surface area contributed by atoms with Gasteiger partial charge in [0.25, 0.3) is 5.91 Å². The molecule has 2 aliphatic rings. The van der Waals surface area contributed by atoms with Gasteiger partial charge in [-0.1, -0.05) is 42.5 Å². The number of carbonyl (C=O) groups excluding carboxylic acids is 2. The molecule has 0 spiro atoms. The molecular formula is C27H23FN2O2S. The molecule has 1 aliphatic carbocycles. The number of allylic oxidation sites excluding steroid dienone is 3. The Morgan fingerprint density at radius 1 is 1.06 bits per heavy atom. The number of Topliss-reactive ketones (excluding diaryl/α,β-unsaturated/α-hetero) is 1. The molecule has 6 heteroatoms. The van der Waals surface area contributed by atoms with Crippen molar-refractivity contribution in [3.63, 3.8) is 0 Å². The average molecular weight is 459 g/mol. The third-order valence-corrected chi connectivity index (χ3v) is 7.27. The predicted octanol–water partition coefficient (Wildman–Crippen LogP) is 5.89. The number of ketones is 1. The molecule has 1 amide bonds. The smallest absolute Gasteiger partial charge is 0.254 e. The standard InChI is InChI=1S/C27H23FN2O2S/c1-16-24(27(32)30-20-10-5-9-19(28)15-20)25(17-7-3-2-4-8-17)26-21(29-16)13-18(14-22(26)31)23-11-6-12-33-23/h2-12,15,18,25,29H,13-14H2,1H3,(H,30,32)/t18-,25-/m0/s1. The summed E-state index contributed by atoms with van der Waals surface area (Å²) in [5.41, 5.74) is 3.99. The first-order valence-electron chi connectivity index (χ1n) is 10.9. The van der Waals surface area contributed by atoms with Crippen molar-refractivity contribution in [3.05, 3.63) is 111 Å². The summed E-state index contributed by atoms with van der Waals surface area (Å²) in [5.74, 6) is -1.06. The number of anilines is 1. The van der Waals surface area contributed by atoms with Crippen molar-refractivity contribution >= 4 is 28.7 Å². The Balaban J connectivity index is 1.55. The molecule has 0 radical (unpaired) electrons. The first-order chi connectivity index (χ1) is 16.0. The third-order valence-electron chi connectivity index (χ3n) is 6.23. The van der Waals surface area contributed by atoms with E-state index in [4.69, 9.17) is 0 Å². The van der Waals surface area contributed by atoms with E-state index in [0.717, 1.165) is 17.7 Å². The lowest BCUT2D eigenvalue weighted by Gasteiger charge is -2.36. The van der Waals surface area contributed by atoms with E-state index in [1.54, 1.807) is 23.5 Å². The minimum Gasteiger partial charge on any atom is -0.362 e. The molecule has 2 heterocycles. The average Bonchev–Trinajstić information content (AvgIpc) is 3.33. The van der Waals surface area contributed by atoms with Crippen LogP contribution in [0.5, 0.6) is 0 Å². The van der Waals surface area contributed by atoms with E-state index in [1.807, 2.05) is 48.7 Å². The van der Waals surface area contributed by atoms with Crippen molar-refractivity contribution in [2.75, 3.05) is 5.32 Å². The molecule has 33 heavy (non-hydrogen) atoms. The van der Waals surface area contributed by atoms with Crippen molar-refractivity contribution in [2.24, 2.45) is 0 Å². The summed E-state index contributed by atoms with van der Waals surface area (Å²) in [6, 6.07) is 19.5. The molecule has 1 aliphatic heterocycles. The van der Waals surface area contributed by atoms with Crippen LogP contribution in [0.3, 0.4) is 0 Å². The van der Waals surface area contributed by atoms with E-state index < -0.39 is 11.7 Å². The van der Waals surface area contributed by atoms with Crippen LogP contribution >= 0.6 is 11.3 Å². The van der Waals surface area contributed by atoms with Crippen LogP contribution in [-0.2, 0) is 9.59 Å². The van der Waals surface area contributed by atoms with Gasteiger partial charge < -0.3 is 10.6 Å². The highest BCUT2D eigenvalue weighted by Crippen LogP contribution is 2.46. The number of halogens is 1. The predicted molar refractivity (Wildman–Crippen MR) is 128 cm³/mol. The molecule has 2 atom stereocenters. The minimum absolute atomic E-state index is 0.0551. The second-order valence-corrected chi connectivity index (χ2v) is 9.39. The van der Waals surface area contributed by atoms with E-state index in [-0.39, 0.29) is 17.6 Å². The zero-order valence-corrected chi connectivity index (χ0v) is 18.9. The van der Waals surface area contributed by atoms with Gasteiger partial charge >= 0.3 is 0 Å². The minimum atomic E-state index is -0.479. The fourth-order valence-electron chi connectivity index (χ4n) is 4.81. The first-order valence-corrected chi connectivity index (χ1v) is 11.8. The highest BCUT2D eigenvalue weighted by Gasteiger charge is 2.41. The normalized spacial score (nSPS) is 20.4. The zero-order valence-electron chi connectivity index (χ0n) is 18.1. The SMILES string of the molecule is CC1=C(C(=O)Nc2cccc(F)c2)[C@H](c2ccccc2)C2=C(C[C@H](c3cccs3)CC2=O)N1. The zero-order chi connectivity index (χ0) is 22.9. The van der Waals surface area contributed by atoms with Crippen LogP contribution in [0.15, 0.2) is 94.7 Å². The highest BCUT2D eigenvalue weighted by molar-refractivity contribution is 7.10. The number of nitrogens with one attached hydrogen (secondary N) is 2.